The molecule has 0 aliphatic rings. The van der Waals surface area contributed by atoms with Crippen LogP contribution in [0.25, 0.3) is 16.7 Å². The molecule has 0 aliphatic carbocycles. The van der Waals surface area contributed by atoms with Crippen molar-refractivity contribution >= 4 is 11.0 Å². The number of hydrogen-bond acceptors (Lipinski definition) is 3. The van der Waals surface area contributed by atoms with E-state index in [4.69, 9.17) is 0 Å². The van der Waals surface area contributed by atoms with Crippen LogP contribution in [0.3, 0.4) is 0 Å². The molecule has 19 heavy (non-hydrogen) atoms. The van der Waals surface area contributed by atoms with E-state index in [0.29, 0.717) is 16.9 Å². The molecular formula is C14H14N4O. The van der Waals surface area contributed by atoms with Gasteiger partial charge < -0.3 is 0 Å². The fraction of sp³-hybridized carbons (Fsp3) is 0.214. The maximum Gasteiger partial charge on any atom is 0.269 e. The second-order valence-electron chi connectivity index (χ2n) is 4.64. The average molecular weight is 254 g/mol. The molecule has 0 amide bonds. The van der Waals surface area contributed by atoms with Crippen LogP contribution in [0.5, 0.6) is 0 Å². The van der Waals surface area contributed by atoms with Gasteiger partial charge in [0.05, 0.1) is 11.9 Å². The van der Waals surface area contributed by atoms with Crippen LogP contribution in [0.4, 0.5) is 0 Å². The molecule has 0 bridgehead atoms. The first-order chi connectivity index (χ1) is 9.08. The Balaban J connectivity index is 2.35. The van der Waals surface area contributed by atoms with Gasteiger partial charge >= 0.3 is 0 Å². The Hall–Kier alpha value is -2.43. The number of aryl methyl sites for hydroxylation is 3. The molecule has 0 spiro atoms. The Kier molecular flexibility index (Phi) is 2.48. The van der Waals surface area contributed by atoms with Gasteiger partial charge in [0.25, 0.3) is 5.56 Å². The SMILES string of the molecule is Cc1ccc(-n2c(C)nc3c(cnn3C)c2=O)cc1. The number of fused-ring (bicyclic) bond motifs is 1. The molecular weight excluding hydrogens is 240 g/mol. The third-order valence-electron chi connectivity index (χ3n) is 3.22. The standard InChI is InChI=1S/C14H14N4O/c1-9-4-6-11(7-5-9)18-10(2)16-13-12(14(18)19)8-15-17(13)3/h4-8H,1-3H3. The second-order valence-corrected chi connectivity index (χ2v) is 4.64. The summed E-state index contributed by atoms with van der Waals surface area (Å²) < 4.78 is 3.23. The molecule has 0 atom stereocenters. The van der Waals surface area contributed by atoms with Crippen LogP contribution in [-0.4, -0.2) is 19.3 Å². The van der Waals surface area contributed by atoms with Crippen molar-refractivity contribution in [1.29, 1.82) is 0 Å². The van der Waals surface area contributed by atoms with E-state index in [1.807, 2.05) is 38.1 Å². The highest BCUT2D eigenvalue weighted by Gasteiger charge is 2.12. The summed E-state index contributed by atoms with van der Waals surface area (Å²) in [6, 6.07) is 7.81. The summed E-state index contributed by atoms with van der Waals surface area (Å²) in [7, 11) is 1.78. The summed E-state index contributed by atoms with van der Waals surface area (Å²) in [5.41, 5.74) is 2.52. The zero-order valence-corrected chi connectivity index (χ0v) is 11.1. The fourth-order valence-corrected chi connectivity index (χ4v) is 2.18. The van der Waals surface area contributed by atoms with Crippen molar-refractivity contribution in [2.45, 2.75) is 13.8 Å². The molecule has 0 N–H and O–H groups in total. The smallest absolute Gasteiger partial charge is 0.268 e. The van der Waals surface area contributed by atoms with Crippen LogP contribution in [0.1, 0.15) is 11.4 Å². The molecule has 2 heterocycles. The van der Waals surface area contributed by atoms with Gasteiger partial charge in [-0.1, -0.05) is 17.7 Å². The summed E-state index contributed by atoms with van der Waals surface area (Å²) in [6.07, 6.45) is 1.56. The van der Waals surface area contributed by atoms with Gasteiger partial charge in [0, 0.05) is 7.05 Å². The molecule has 0 aliphatic heterocycles. The third-order valence-corrected chi connectivity index (χ3v) is 3.22. The Morgan fingerprint density at radius 3 is 2.47 bits per heavy atom. The third kappa shape index (κ3) is 1.74. The van der Waals surface area contributed by atoms with Crippen molar-refractivity contribution in [2.75, 3.05) is 0 Å². The van der Waals surface area contributed by atoms with Gasteiger partial charge in [-0.25, -0.2) is 4.98 Å². The number of hydrogen-bond donors (Lipinski definition) is 0. The average Bonchev–Trinajstić information content (AvgIpc) is 2.74. The Labute approximate surface area is 110 Å². The molecule has 1 aromatic carbocycles. The van der Waals surface area contributed by atoms with E-state index in [9.17, 15) is 4.79 Å². The van der Waals surface area contributed by atoms with Gasteiger partial charge in [-0.05, 0) is 26.0 Å². The van der Waals surface area contributed by atoms with Crippen LogP contribution >= 0.6 is 0 Å². The maximum absolute atomic E-state index is 12.5. The minimum absolute atomic E-state index is 0.0838. The largest absolute Gasteiger partial charge is 0.269 e. The highest BCUT2D eigenvalue weighted by atomic mass is 16.1. The summed E-state index contributed by atoms with van der Waals surface area (Å²) in [5, 5.41) is 4.62. The van der Waals surface area contributed by atoms with Crippen molar-refractivity contribution in [3.05, 3.63) is 52.2 Å². The van der Waals surface area contributed by atoms with Crippen LogP contribution in [0.2, 0.25) is 0 Å². The van der Waals surface area contributed by atoms with Crippen LogP contribution < -0.4 is 5.56 Å². The first-order valence-corrected chi connectivity index (χ1v) is 6.06. The minimum Gasteiger partial charge on any atom is -0.268 e. The lowest BCUT2D eigenvalue weighted by atomic mass is 10.2. The van der Waals surface area contributed by atoms with Gasteiger partial charge in [-0.3, -0.25) is 14.0 Å². The first kappa shape index (κ1) is 11.6. The van der Waals surface area contributed by atoms with Gasteiger partial charge in [0.1, 0.15) is 11.2 Å². The lowest BCUT2D eigenvalue weighted by Gasteiger charge is -2.09. The molecule has 96 valence electrons. The monoisotopic (exact) mass is 254 g/mol. The Bertz CT molecular complexity index is 812. The molecule has 5 nitrogen and oxygen atoms in total. The number of aromatic nitrogens is 4. The molecule has 0 saturated carbocycles. The highest BCUT2D eigenvalue weighted by molar-refractivity contribution is 5.73. The lowest BCUT2D eigenvalue weighted by Crippen LogP contribution is -2.22. The van der Waals surface area contributed by atoms with Gasteiger partial charge in [-0.15, -0.1) is 0 Å². The molecule has 3 aromatic rings. The van der Waals surface area contributed by atoms with Crippen LogP contribution in [-0.2, 0) is 7.05 Å². The molecule has 2 aromatic heterocycles. The molecule has 0 radical (unpaired) electrons. The van der Waals surface area contributed by atoms with Gasteiger partial charge in [0.15, 0.2) is 5.65 Å². The highest BCUT2D eigenvalue weighted by Crippen LogP contribution is 2.12. The zero-order chi connectivity index (χ0) is 13.6. The summed E-state index contributed by atoms with van der Waals surface area (Å²) in [5.74, 6) is 0.657. The van der Waals surface area contributed by atoms with E-state index in [0.717, 1.165) is 11.3 Å². The summed E-state index contributed by atoms with van der Waals surface area (Å²) in [4.78, 5) is 17.0. The topological polar surface area (TPSA) is 52.7 Å². The predicted octanol–water partition coefficient (Wildman–Crippen LogP) is 1.74. The Morgan fingerprint density at radius 1 is 1.11 bits per heavy atom. The molecule has 0 saturated heterocycles. The quantitative estimate of drug-likeness (QED) is 0.664. The minimum atomic E-state index is -0.0838. The van der Waals surface area contributed by atoms with E-state index in [1.54, 1.807) is 22.5 Å². The number of benzene rings is 1. The van der Waals surface area contributed by atoms with Crippen molar-refractivity contribution in [1.82, 2.24) is 19.3 Å². The van der Waals surface area contributed by atoms with E-state index in [2.05, 4.69) is 10.1 Å². The first-order valence-electron chi connectivity index (χ1n) is 6.06. The molecule has 5 heteroatoms. The number of nitrogens with zero attached hydrogens (tertiary/aromatic N) is 4. The van der Waals surface area contributed by atoms with Crippen LogP contribution in [0.15, 0.2) is 35.3 Å². The number of rotatable bonds is 1. The Morgan fingerprint density at radius 2 is 1.79 bits per heavy atom. The zero-order valence-electron chi connectivity index (χ0n) is 11.1. The molecule has 0 unspecified atom stereocenters. The normalized spacial score (nSPS) is 11.1. The fourth-order valence-electron chi connectivity index (χ4n) is 2.18. The van der Waals surface area contributed by atoms with Crippen molar-refractivity contribution in [3.8, 4) is 5.69 Å². The van der Waals surface area contributed by atoms with E-state index in [1.165, 1.54) is 0 Å². The van der Waals surface area contributed by atoms with E-state index >= 15 is 0 Å². The molecule has 0 fully saturated rings. The van der Waals surface area contributed by atoms with E-state index < -0.39 is 0 Å². The van der Waals surface area contributed by atoms with Crippen molar-refractivity contribution in [2.24, 2.45) is 7.05 Å². The van der Waals surface area contributed by atoms with Crippen molar-refractivity contribution < 1.29 is 0 Å². The summed E-state index contributed by atoms with van der Waals surface area (Å²) in [6.45, 7) is 3.84. The second kappa shape index (κ2) is 4.05. The van der Waals surface area contributed by atoms with E-state index in [-0.39, 0.29) is 5.56 Å². The van der Waals surface area contributed by atoms with Gasteiger partial charge in [0.2, 0.25) is 0 Å². The van der Waals surface area contributed by atoms with Gasteiger partial charge in [-0.2, -0.15) is 5.10 Å². The molecule has 3 rings (SSSR count). The lowest BCUT2D eigenvalue weighted by molar-refractivity contribution is 0.777. The van der Waals surface area contributed by atoms with Crippen LogP contribution in [0, 0.1) is 13.8 Å². The summed E-state index contributed by atoms with van der Waals surface area (Å²) >= 11 is 0. The maximum atomic E-state index is 12.5. The van der Waals surface area contributed by atoms with Crippen molar-refractivity contribution in [3.63, 3.8) is 0 Å². The predicted molar refractivity (Wildman–Crippen MR) is 73.6 cm³/mol.